The van der Waals surface area contributed by atoms with Crippen molar-refractivity contribution >= 4 is 6.03 Å². The molecule has 1 fully saturated rings. The fraction of sp³-hybridized carbons (Fsp3) is 0.733. The molecule has 0 spiro atoms. The number of hydrogen-bond acceptors (Lipinski definition) is 2. The van der Waals surface area contributed by atoms with Gasteiger partial charge >= 0.3 is 6.03 Å². The van der Waals surface area contributed by atoms with Gasteiger partial charge in [-0.05, 0) is 18.4 Å². The van der Waals surface area contributed by atoms with Crippen LogP contribution in [0.3, 0.4) is 0 Å². The molecule has 0 aromatic carbocycles. The second kappa shape index (κ2) is 7.92. The van der Waals surface area contributed by atoms with E-state index < -0.39 is 0 Å². The van der Waals surface area contributed by atoms with Crippen molar-refractivity contribution in [1.29, 1.82) is 0 Å². The summed E-state index contributed by atoms with van der Waals surface area (Å²) in [5, 5.41) is 9.95. The van der Waals surface area contributed by atoms with Gasteiger partial charge in [0, 0.05) is 38.4 Å². The first-order valence-corrected chi connectivity index (χ1v) is 7.74. The Hall–Kier alpha value is -1.52. The third-order valence-corrected chi connectivity index (χ3v) is 4.15. The van der Waals surface area contributed by atoms with Crippen LogP contribution in [0.4, 0.5) is 4.79 Å². The van der Waals surface area contributed by atoms with Gasteiger partial charge in [0.05, 0.1) is 0 Å². The van der Waals surface area contributed by atoms with E-state index in [1.807, 2.05) is 17.8 Å². The van der Waals surface area contributed by atoms with E-state index in [1.54, 1.807) is 6.20 Å². The smallest absolute Gasteiger partial charge is 0.314 e. The molecular weight excluding hydrogens is 252 g/mol. The highest BCUT2D eigenvalue weighted by molar-refractivity contribution is 5.73. The Kier molecular flexibility index (Phi) is 5.89. The van der Waals surface area contributed by atoms with Gasteiger partial charge in [0.25, 0.3) is 0 Å². The average Bonchev–Trinajstić information content (AvgIpc) is 2.86. The predicted octanol–water partition coefficient (Wildman–Crippen LogP) is 2.23. The molecule has 112 valence electrons. The Morgan fingerprint density at radius 1 is 1.30 bits per heavy atom. The normalized spacial score (nSPS) is 16.1. The fourth-order valence-corrected chi connectivity index (χ4v) is 2.88. The van der Waals surface area contributed by atoms with Gasteiger partial charge in [-0.15, -0.1) is 0 Å². The number of carbonyl (C=O) groups excluding carboxylic acids is 1. The van der Waals surface area contributed by atoms with Crippen LogP contribution in [0.25, 0.3) is 0 Å². The van der Waals surface area contributed by atoms with E-state index in [2.05, 4.69) is 15.7 Å². The molecule has 20 heavy (non-hydrogen) atoms. The van der Waals surface area contributed by atoms with Crippen molar-refractivity contribution in [3.63, 3.8) is 0 Å². The summed E-state index contributed by atoms with van der Waals surface area (Å²) in [7, 11) is 1.92. The van der Waals surface area contributed by atoms with Crippen LogP contribution in [0.1, 0.15) is 44.2 Å². The minimum atomic E-state index is -0.0528. The van der Waals surface area contributed by atoms with Crippen molar-refractivity contribution in [3.05, 3.63) is 18.0 Å². The van der Waals surface area contributed by atoms with Crippen molar-refractivity contribution in [1.82, 2.24) is 20.4 Å². The maximum absolute atomic E-state index is 11.7. The largest absolute Gasteiger partial charge is 0.338 e. The number of aryl methyl sites for hydroxylation is 1. The van der Waals surface area contributed by atoms with Gasteiger partial charge in [-0.1, -0.05) is 32.1 Å². The molecule has 2 amide bonds. The zero-order chi connectivity index (χ0) is 14.2. The quantitative estimate of drug-likeness (QED) is 0.838. The molecule has 1 saturated carbocycles. The molecule has 2 rings (SSSR count). The molecule has 0 saturated heterocycles. The summed E-state index contributed by atoms with van der Waals surface area (Å²) in [6.45, 7) is 1.44. The van der Waals surface area contributed by atoms with Gasteiger partial charge in [0.1, 0.15) is 0 Å². The van der Waals surface area contributed by atoms with Crippen molar-refractivity contribution in [2.45, 2.75) is 44.9 Å². The van der Waals surface area contributed by atoms with Crippen molar-refractivity contribution in [2.75, 3.05) is 13.1 Å². The Morgan fingerprint density at radius 3 is 2.75 bits per heavy atom. The topological polar surface area (TPSA) is 59.0 Å². The summed E-state index contributed by atoms with van der Waals surface area (Å²) in [6.07, 6.45) is 10.5. The van der Waals surface area contributed by atoms with E-state index in [0.717, 1.165) is 31.0 Å². The third kappa shape index (κ3) is 4.87. The van der Waals surface area contributed by atoms with Crippen LogP contribution in [-0.2, 0) is 13.5 Å². The highest BCUT2D eigenvalue weighted by atomic mass is 16.2. The molecule has 0 unspecified atom stereocenters. The SMILES string of the molecule is Cn1nccc1CCNC(=O)NCCC1CCCCC1. The molecule has 1 aliphatic rings. The van der Waals surface area contributed by atoms with Gasteiger partial charge in [-0.25, -0.2) is 4.79 Å². The van der Waals surface area contributed by atoms with Crippen LogP contribution in [0.2, 0.25) is 0 Å². The first-order valence-electron chi connectivity index (χ1n) is 7.74. The maximum atomic E-state index is 11.7. The molecule has 0 aliphatic heterocycles. The van der Waals surface area contributed by atoms with Crippen molar-refractivity contribution in [2.24, 2.45) is 13.0 Å². The minimum absolute atomic E-state index is 0.0528. The van der Waals surface area contributed by atoms with E-state index >= 15 is 0 Å². The highest BCUT2D eigenvalue weighted by Gasteiger charge is 2.13. The monoisotopic (exact) mass is 278 g/mol. The molecule has 5 heteroatoms. The summed E-state index contributed by atoms with van der Waals surface area (Å²) >= 11 is 0. The van der Waals surface area contributed by atoms with E-state index in [1.165, 1.54) is 32.1 Å². The Labute approximate surface area is 121 Å². The second-order valence-electron chi connectivity index (χ2n) is 5.67. The van der Waals surface area contributed by atoms with Crippen LogP contribution in [0, 0.1) is 5.92 Å². The van der Waals surface area contributed by atoms with E-state index in [0.29, 0.717) is 6.54 Å². The number of hydrogen-bond donors (Lipinski definition) is 2. The lowest BCUT2D eigenvalue weighted by atomic mass is 9.87. The number of rotatable bonds is 6. The molecule has 1 aromatic heterocycles. The van der Waals surface area contributed by atoms with Gasteiger partial charge in [-0.2, -0.15) is 5.10 Å². The van der Waals surface area contributed by atoms with Gasteiger partial charge in [0.15, 0.2) is 0 Å². The molecule has 1 aliphatic carbocycles. The van der Waals surface area contributed by atoms with Gasteiger partial charge in [0.2, 0.25) is 0 Å². The van der Waals surface area contributed by atoms with E-state index in [-0.39, 0.29) is 6.03 Å². The Balaban J connectivity index is 1.53. The first kappa shape index (κ1) is 14.9. The highest BCUT2D eigenvalue weighted by Crippen LogP contribution is 2.25. The molecule has 1 aromatic rings. The Morgan fingerprint density at radius 2 is 2.05 bits per heavy atom. The predicted molar refractivity (Wildman–Crippen MR) is 79.5 cm³/mol. The van der Waals surface area contributed by atoms with E-state index in [4.69, 9.17) is 0 Å². The zero-order valence-corrected chi connectivity index (χ0v) is 12.4. The Bertz CT molecular complexity index is 410. The summed E-state index contributed by atoms with van der Waals surface area (Å²) in [5.74, 6) is 0.818. The number of carbonyl (C=O) groups is 1. The maximum Gasteiger partial charge on any atom is 0.314 e. The second-order valence-corrected chi connectivity index (χ2v) is 5.67. The van der Waals surface area contributed by atoms with Gasteiger partial charge in [-0.3, -0.25) is 4.68 Å². The van der Waals surface area contributed by atoms with Gasteiger partial charge < -0.3 is 10.6 Å². The lowest BCUT2D eigenvalue weighted by molar-refractivity contribution is 0.239. The zero-order valence-electron chi connectivity index (χ0n) is 12.4. The van der Waals surface area contributed by atoms with E-state index in [9.17, 15) is 4.79 Å². The van der Waals surface area contributed by atoms with Crippen LogP contribution >= 0.6 is 0 Å². The van der Waals surface area contributed by atoms with Crippen LogP contribution in [0.5, 0.6) is 0 Å². The number of amides is 2. The molecule has 0 radical (unpaired) electrons. The lowest BCUT2D eigenvalue weighted by Gasteiger charge is -2.21. The van der Waals surface area contributed by atoms with Crippen LogP contribution in [0.15, 0.2) is 12.3 Å². The molecule has 1 heterocycles. The molecule has 0 atom stereocenters. The molecular formula is C15H26N4O. The number of urea groups is 1. The molecule has 0 bridgehead atoms. The summed E-state index contributed by atoms with van der Waals surface area (Å²) in [5.41, 5.74) is 1.13. The summed E-state index contributed by atoms with van der Waals surface area (Å²) in [6, 6.07) is 1.92. The fourth-order valence-electron chi connectivity index (χ4n) is 2.88. The summed E-state index contributed by atoms with van der Waals surface area (Å²) in [4.78, 5) is 11.7. The molecule has 2 N–H and O–H groups in total. The minimum Gasteiger partial charge on any atom is -0.338 e. The lowest BCUT2D eigenvalue weighted by Crippen LogP contribution is -2.37. The van der Waals surface area contributed by atoms with Crippen molar-refractivity contribution < 1.29 is 4.79 Å². The summed E-state index contributed by atoms with van der Waals surface area (Å²) < 4.78 is 1.84. The number of aromatic nitrogens is 2. The molecule has 5 nitrogen and oxygen atoms in total. The third-order valence-electron chi connectivity index (χ3n) is 4.15. The number of nitrogens with one attached hydrogen (secondary N) is 2. The first-order chi connectivity index (χ1) is 9.75. The standard InChI is InChI=1S/C15H26N4O/c1-19-14(9-12-18-19)8-11-17-15(20)16-10-7-13-5-3-2-4-6-13/h9,12-13H,2-8,10-11H2,1H3,(H2,16,17,20). The van der Waals surface area contributed by atoms with Crippen LogP contribution in [-0.4, -0.2) is 28.9 Å². The van der Waals surface area contributed by atoms with Crippen molar-refractivity contribution in [3.8, 4) is 0 Å². The van der Waals surface area contributed by atoms with Crippen LogP contribution < -0.4 is 10.6 Å². The number of nitrogens with zero attached hydrogens (tertiary/aromatic N) is 2. The average molecular weight is 278 g/mol.